The van der Waals surface area contributed by atoms with Gasteiger partial charge in [-0.3, -0.25) is 9.59 Å². The molecule has 3 N–H and O–H groups in total. The third-order valence-electron chi connectivity index (χ3n) is 4.96. The smallest absolute Gasteiger partial charge is 0.261 e. The summed E-state index contributed by atoms with van der Waals surface area (Å²) in [5.41, 5.74) is 1.57. The van der Waals surface area contributed by atoms with Crippen LogP contribution in [0.15, 0.2) is 45.4 Å². The highest BCUT2D eigenvalue weighted by Crippen LogP contribution is 2.30. The van der Waals surface area contributed by atoms with Crippen LogP contribution in [0.25, 0.3) is 0 Å². The summed E-state index contributed by atoms with van der Waals surface area (Å²) in [5, 5.41) is 3.84. The predicted molar refractivity (Wildman–Crippen MR) is 114 cm³/mol. The Labute approximate surface area is 175 Å². The fourth-order valence-corrected chi connectivity index (χ4v) is 4.43. The molecule has 0 spiro atoms. The number of benzene rings is 1. The molecule has 0 fully saturated rings. The quantitative estimate of drug-likeness (QED) is 0.622. The molecule has 0 radical (unpaired) electrons. The summed E-state index contributed by atoms with van der Waals surface area (Å²) in [7, 11) is -0.285. The van der Waals surface area contributed by atoms with Crippen LogP contribution in [0.1, 0.15) is 34.5 Å². The minimum atomic E-state index is -3.24. The Hall–Kier alpha value is -3.07. The van der Waals surface area contributed by atoms with Crippen molar-refractivity contribution >= 4 is 15.6 Å². The number of rotatable bonds is 7. The van der Waals surface area contributed by atoms with Crippen molar-refractivity contribution in [3.8, 4) is 11.5 Å². The lowest BCUT2D eigenvalue weighted by atomic mass is 9.95. The maximum Gasteiger partial charge on any atom is 0.261 e. The summed E-state index contributed by atoms with van der Waals surface area (Å²) >= 11 is 0. The second kappa shape index (κ2) is 9.17. The molecular formula is C21H25N3O5S. The van der Waals surface area contributed by atoms with E-state index in [0.29, 0.717) is 11.5 Å². The average Bonchev–Trinajstić information content (AvgIpc) is 2.75. The molecule has 30 heavy (non-hydrogen) atoms. The van der Waals surface area contributed by atoms with Crippen molar-refractivity contribution in [1.29, 1.82) is 4.78 Å². The van der Waals surface area contributed by atoms with E-state index in [1.54, 1.807) is 12.1 Å². The summed E-state index contributed by atoms with van der Waals surface area (Å²) in [5.74, 6) is 0.350. The first-order valence-electron chi connectivity index (χ1n) is 9.56. The Morgan fingerprint density at radius 3 is 2.67 bits per heavy atom. The van der Waals surface area contributed by atoms with Crippen molar-refractivity contribution in [1.82, 2.24) is 10.3 Å². The van der Waals surface area contributed by atoms with Gasteiger partial charge in [-0.05, 0) is 49.4 Å². The zero-order chi connectivity index (χ0) is 21.7. The number of amides is 1. The lowest BCUT2D eigenvalue weighted by molar-refractivity contribution is 0.0956. The minimum Gasteiger partial charge on any atom is -0.493 e. The fourth-order valence-electron chi connectivity index (χ4n) is 3.36. The van der Waals surface area contributed by atoms with Crippen molar-refractivity contribution in [2.75, 3.05) is 20.8 Å². The van der Waals surface area contributed by atoms with Crippen LogP contribution in [-0.4, -0.2) is 35.9 Å². The average molecular weight is 432 g/mol. The summed E-state index contributed by atoms with van der Waals surface area (Å²) in [6, 6.07) is 6.26. The number of aromatic amines is 1. The summed E-state index contributed by atoms with van der Waals surface area (Å²) in [6.45, 7) is 0.0402. The molecule has 160 valence electrons. The SMILES string of the molecule is COc1ccc(S(=N)(=O)/C=C/CNC(=O)c2cc3c([nH]c2=O)CCCC3)cc1OC. The van der Waals surface area contributed by atoms with E-state index in [0.717, 1.165) is 36.9 Å². The van der Waals surface area contributed by atoms with Gasteiger partial charge >= 0.3 is 0 Å². The number of fused-ring (bicyclic) bond motifs is 1. The molecule has 1 heterocycles. The van der Waals surface area contributed by atoms with E-state index < -0.39 is 21.2 Å². The molecule has 9 heteroatoms. The van der Waals surface area contributed by atoms with E-state index in [1.165, 1.54) is 37.8 Å². The lowest BCUT2D eigenvalue weighted by Gasteiger charge is -2.15. The molecule has 1 unspecified atom stereocenters. The summed E-state index contributed by atoms with van der Waals surface area (Å²) in [4.78, 5) is 27.6. The van der Waals surface area contributed by atoms with E-state index in [-0.39, 0.29) is 17.0 Å². The molecule has 0 bridgehead atoms. The van der Waals surface area contributed by atoms with E-state index >= 15 is 0 Å². The highest BCUT2D eigenvalue weighted by molar-refractivity contribution is 7.95. The van der Waals surface area contributed by atoms with Crippen LogP contribution < -0.4 is 20.3 Å². The number of aryl methyl sites for hydroxylation is 2. The largest absolute Gasteiger partial charge is 0.493 e. The topological polar surface area (TPSA) is 121 Å². The summed E-state index contributed by atoms with van der Waals surface area (Å²) < 4.78 is 31.2. The summed E-state index contributed by atoms with van der Waals surface area (Å²) in [6.07, 6.45) is 5.18. The second-order valence-electron chi connectivity index (χ2n) is 6.92. The molecule has 1 aromatic heterocycles. The molecule has 3 rings (SSSR count). The standard InChI is InChI=1S/C21H25N3O5S/c1-28-18-9-8-15(13-19(18)29-2)30(22,27)11-5-10-23-20(25)16-12-14-6-3-4-7-17(14)24-21(16)26/h5,8-9,11-13,22H,3-4,6-7,10H2,1-2H3,(H,23,25)(H,24,26)/b11-5+. The monoisotopic (exact) mass is 431 g/mol. The third-order valence-corrected chi connectivity index (χ3v) is 6.49. The molecule has 0 saturated heterocycles. The second-order valence-corrected chi connectivity index (χ2v) is 8.87. The van der Waals surface area contributed by atoms with Gasteiger partial charge in [0.25, 0.3) is 11.5 Å². The number of methoxy groups -OCH3 is 2. The Bertz CT molecular complexity index is 1140. The molecule has 1 aliphatic rings. The maximum absolute atomic E-state index is 12.7. The molecule has 2 aromatic rings. The predicted octanol–water partition coefficient (Wildman–Crippen LogP) is 2.62. The fraction of sp³-hybridized carbons (Fsp3) is 0.333. The molecule has 8 nitrogen and oxygen atoms in total. The van der Waals surface area contributed by atoms with Gasteiger partial charge in [-0.15, -0.1) is 0 Å². The number of H-pyrrole nitrogens is 1. The van der Waals surface area contributed by atoms with E-state index in [4.69, 9.17) is 14.3 Å². The molecular weight excluding hydrogens is 406 g/mol. The van der Waals surface area contributed by atoms with Gasteiger partial charge in [-0.2, -0.15) is 0 Å². The van der Waals surface area contributed by atoms with Crippen LogP contribution in [0.2, 0.25) is 0 Å². The number of hydrogen-bond acceptors (Lipinski definition) is 6. The molecule has 0 aliphatic heterocycles. The lowest BCUT2D eigenvalue weighted by Crippen LogP contribution is -2.31. The molecule has 1 aliphatic carbocycles. The van der Waals surface area contributed by atoms with Gasteiger partial charge in [-0.1, -0.05) is 6.08 Å². The van der Waals surface area contributed by atoms with Crippen molar-refractivity contribution in [2.45, 2.75) is 30.6 Å². The third kappa shape index (κ3) is 4.73. The van der Waals surface area contributed by atoms with E-state index in [9.17, 15) is 13.8 Å². The number of nitrogens with one attached hydrogen (secondary N) is 3. The Morgan fingerprint density at radius 2 is 1.93 bits per heavy atom. The first kappa shape index (κ1) is 21.6. The van der Waals surface area contributed by atoms with Gasteiger partial charge in [0.2, 0.25) is 0 Å². The number of ether oxygens (including phenoxy) is 2. The minimum absolute atomic E-state index is 0.0402. The zero-order valence-corrected chi connectivity index (χ0v) is 17.8. The Morgan fingerprint density at radius 1 is 1.20 bits per heavy atom. The van der Waals surface area contributed by atoms with Crippen LogP contribution in [0.3, 0.4) is 0 Å². The van der Waals surface area contributed by atoms with E-state index in [2.05, 4.69) is 10.3 Å². The van der Waals surface area contributed by atoms with Crippen LogP contribution in [0, 0.1) is 4.78 Å². The number of pyridine rings is 1. The van der Waals surface area contributed by atoms with Gasteiger partial charge in [0, 0.05) is 23.7 Å². The van der Waals surface area contributed by atoms with E-state index in [1.807, 2.05) is 0 Å². The van der Waals surface area contributed by atoms with Gasteiger partial charge < -0.3 is 19.8 Å². The molecule has 1 aromatic carbocycles. The molecule has 0 saturated carbocycles. The van der Waals surface area contributed by atoms with Gasteiger partial charge in [0.1, 0.15) is 5.56 Å². The van der Waals surface area contributed by atoms with Crippen LogP contribution >= 0.6 is 0 Å². The van der Waals surface area contributed by atoms with Crippen molar-refractivity contribution in [3.63, 3.8) is 0 Å². The van der Waals surface area contributed by atoms with Crippen LogP contribution in [0.4, 0.5) is 0 Å². The van der Waals surface area contributed by atoms with Gasteiger partial charge in [0.15, 0.2) is 11.5 Å². The van der Waals surface area contributed by atoms with Crippen molar-refractivity contribution in [3.05, 3.63) is 62.9 Å². The number of aromatic nitrogens is 1. The van der Waals surface area contributed by atoms with Crippen molar-refractivity contribution < 1.29 is 18.5 Å². The highest BCUT2D eigenvalue weighted by Gasteiger charge is 2.17. The Kier molecular flexibility index (Phi) is 6.61. The van der Waals surface area contributed by atoms with Crippen molar-refractivity contribution in [2.24, 2.45) is 0 Å². The zero-order valence-electron chi connectivity index (χ0n) is 16.9. The number of hydrogen-bond donors (Lipinski definition) is 3. The number of carbonyl (C=O) groups is 1. The van der Waals surface area contributed by atoms with Gasteiger partial charge in [-0.25, -0.2) is 8.99 Å². The highest BCUT2D eigenvalue weighted by atomic mass is 32.2. The number of carbonyl (C=O) groups excluding carboxylic acids is 1. The Balaban J connectivity index is 1.67. The van der Waals surface area contributed by atoms with Crippen LogP contribution in [0.5, 0.6) is 11.5 Å². The first-order valence-corrected chi connectivity index (χ1v) is 11.2. The molecule has 1 atom stereocenters. The normalized spacial score (nSPS) is 15.3. The van der Waals surface area contributed by atoms with Crippen LogP contribution in [-0.2, 0) is 22.6 Å². The first-order chi connectivity index (χ1) is 14.4. The molecule has 1 amide bonds. The maximum atomic E-state index is 12.7. The van der Waals surface area contributed by atoms with Gasteiger partial charge in [0.05, 0.1) is 28.8 Å².